The van der Waals surface area contributed by atoms with Gasteiger partial charge in [-0.2, -0.15) is 0 Å². The summed E-state index contributed by atoms with van der Waals surface area (Å²) < 4.78 is 11.1. The van der Waals surface area contributed by atoms with Crippen LogP contribution in [-0.2, 0) is 0 Å². The van der Waals surface area contributed by atoms with E-state index in [1.54, 1.807) is 0 Å². The van der Waals surface area contributed by atoms with Crippen molar-refractivity contribution in [1.29, 1.82) is 0 Å². The molecule has 2 aliphatic heterocycles. The first-order chi connectivity index (χ1) is 8.34. The average molecular weight is 254 g/mol. The van der Waals surface area contributed by atoms with Gasteiger partial charge in [-0.25, -0.2) is 0 Å². The number of piperidine rings is 1. The van der Waals surface area contributed by atoms with E-state index in [9.17, 15) is 0 Å². The standard InChI is InChI=1S/C13H16ClNO2/c14-10-8-13-12(16-5-6-17-13)7-9(10)11-3-1-2-4-15-11/h7-8,11,15H,1-6H2. The molecule has 0 bridgehead atoms. The molecule has 2 aliphatic rings. The summed E-state index contributed by atoms with van der Waals surface area (Å²) in [5, 5.41) is 4.27. The van der Waals surface area contributed by atoms with Gasteiger partial charge in [-0.1, -0.05) is 18.0 Å². The Hall–Kier alpha value is -0.930. The molecule has 1 aromatic carbocycles. The number of halogens is 1. The van der Waals surface area contributed by atoms with Crippen LogP contribution < -0.4 is 14.8 Å². The van der Waals surface area contributed by atoms with Crippen LogP contribution in [0.15, 0.2) is 12.1 Å². The third kappa shape index (κ3) is 2.22. The van der Waals surface area contributed by atoms with Crippen molar-refractivity contribution in [2.24, 2.45) is 0 Å². The van der Waals surface area contributed by atoms with Gasteiger partial charge in [-0.3, -0.25) is 0 Å². The minimum atomic E-state index is 0.354. The average Bonchev–Trinajstić information content (AvgIpc) is 2.39. The van der Waals surface area contributed by atoms with Crippen molar-refractivity contribution >= 4 is 11.6 Å². The van der Waals surface area contributed by atoms with Crippen molar-refractivity contribution in [1.82, 2.24) is 5.32 Å². The molecule has 0 saturated carbocycles. The second kappa shape index (κ2) is 4.75. The van der Waals surface area contributed by atoms with E-state index in [-0.39, 0.29) is 0 Å². The molecule has 3 rings (SSSR count). The second-order valence-corrected chi connectivity index (χ2v) is 4.93. The molecule has 1 fully saturated rings. The zero-order chi connectivity index (χ0) is 11.7. The summed E-state index contributed by atoms with van der Waals surface area (Å²) in [7, 11) is 0. The maximum atomic E-state index is 6.32. The Bertz CT molecular complexity index is 416. The number of ether oxygens (including phenoxy) is 2. The highest BCUT2D eigenvalue weighted by atomic mass is 35.5. The quantitative estimate of drug-likeness (QED) is 0.835. The van der Waals surface area contributed by atoms with Gasteiger partial charge in [0, 0.05) is 17.1 Å². The molecule has 0 aromatic heterocycles. The number of hydrogen-bond donors (Lipinski definition) is 1. The summed E-state index contributed by atoms with van der Waals surface area (Å²) >= 11 is 6.32. The van der Waals surface area contributed by atoms with Crippen LogP contribution in [0.25, 0.3) is 0 Å². The van der Waals surface area contributed by atoms with Crippen LogP contribution in [0.3, 0.4) is 0 Å². The fraction of sp³-hybridized carbons (Fsp3) is 0.538. The maximum Gasteiger partial charge on any atom is 0.162 e. The molecule has 1 atom stereocenters. The molecule has 0 radical (unpaired) electrons. The minimum absolute atomic E-state index is 0.354. The Morgan fingerprint density at radius 1 is 1.12 bits per heavy atom. The number of benzene rings is 1. The molecule has 1 saturated heterocycles. The van der Waals surface area contributed by atoms with Crippen molar-refractivity contribution < 1.29 is 9.47 Å². The van der Waals surface area contributed by atoms with Crippen LogP contribution >= 0.6 is 11.6 Å². The van der Waals surface area contributed by atoms with Gasteiger partial charge in [-0.05, 0) is 31.0 Å². The van der Waals surface area contributed by atoms with Crippen LogP contribution in [0.5, 0.6) is 11.5 Å². The van der Waals surface area contributed by atoms with E-state index in [0.717, 1.165) is 35.1 Å². The lowest BCUT2D eigenvalue weighted by molar-refractivity contribution is 0.171. The molecule has 2 heterocycles. The highest BCUT2D eigenvalue weighted by Crippen LogP contribution is 2.39. The largest absolute Gasteiger partial charge is 0.486 e. The van der Waals surface area contributed by atoms with Gasteiger partial charge in [0.1, 0.15) is 13.2 Å². The van der Waals surface area contributed by atoms with Crippen molar-refractivity contribution in [2.45, 2.75) is 25.3 Å². The number of nitrogens with one attached hydrogen (secondary N) is 1. The molecule has 1 N–H and O–H groups in total. The third-order valence-electron chi connectivity index (χ3n) is 3.35. The SMILES string of the molecule is Clc1cc2c(cc1C1CCCCN1)OCCO2. The lowest BCUT2D eigenvalue weighted by Gasteiger charge is -2.26. The Morgan fingerprint density at radius 3 is 2.59 bits per heavy atom. The zero-order valence-corrected chi connectivity index (χ0v) is 10.4. The van der Waals surface area contributed by atoms with Gasteiger partial charge < -0.3 is 14.8 Å². The normalized spacial score (nSPS) is 23.5. The van der Waals surface area contributed by atoms with Crippen molar-refractivity contribution in [2.75, 3.05) is 19.8 Å². The van der Waals surface area contributed by atoms with E-state index in [1.165, 1.54) is 12.8 Å². The molecule has 1 aromatic rings. The first kappa shape index (κ1) is 11.2. The van der Waals surface area contributed by atoms with Gasteiger partial charge in [0.05, 0.1) is 0 Å². The van der Waals surface area contributed by atoms with Crippen molar-refractivity contribution in [3.63, 3.8) is 0 Å². The Balaban J connectivity index is 1.93. The van der Waals surface area contributed by atoms with E-state index >= 15 is 0 Å². The maximum absolute atomic E-state index is 6.32. The van der Waals surface area contributed by atoms with Crippen LogP contribution in [-0.4, -0.2) is 19.8 Å². The highest BCUT2D eigenvalue weighted by Gasteiger charge is 2.21. The monoisotopic (exact) mass is 253 g/mol. The van der Waals surface area contributed by atoms with E-state index in [1.807, 2.05) is 12.1 Å². The van der Waals surface area contributed by atoms with Gasteiger partial charge in [0.2, 0.25) is 0 Å². The lowest BCUT2D eigenvalue weighted by Crippen LogP contribution is -2.27. The van der Waals surface area contributed by atoms with Gasteiger partial charge in [0.25, 0.3) is 0 Å². The fourth-order valence-electron chi connectivity index (χ4n) is 2.46. The number of rotatable bonds is 1. The smallest absolute Gasteiger partial charge is 0.162 e. The van der Waals surface area contributed by atoms with Crippen LogP contribution in [0.1, 0.15) is 30.9 Å². The molecule has 1 unspecified atom stereocenters. The van der Waals surface area contributed by atoms with Gasteiger partial charge >= 0.3 is 0 Å². The van der Waals surface area contributed by atoms with E-state index in [0.29, 0.717) is 19.3 Å². The highest BCUT2D eigenvalue weighted by molar-refractivity contribution is 6.31. The summed E-state index contributed by atoms with van der Waals surface area (Å²) in [5.41, 5.74) is 1.13. The first-order valence-electron chi connectivity index (χ1n) is 6.17. The summed E-state index contributed by atoms with van der Waals surface area (Å²) in [4.78, 5) is 0. The third-order valence-corrected chi connectivity index (χ3v) is 3.67. The molecule has 92 valence electrons. The van der Waals surface area contributed by atoms with E-state index < -0.39 is 0 Å². The van der Waals surface area contributed by atoms with Crippen LogP contribution in [0.2, 0.25) is 5.02 Å². The summed E-state index contributed by atoms with van der Waals surface area (Å²) in [6.45, 7) is 2.28. The molecule has 3 nitrogen and oxygen atoms in total. The summed E-state index contributed by atoms with van der Waals surface area (Å²) in [5.74, 6) is 1.59. The van der Waals surface area contributed by atoms with Crippen molar-refractivity contribution in [3.05, 3.63) is 22.7 Å². The Labute approximate surface area is 106 Å². The van der Waals surface area contributed by atoms with E-state index in [4.69, 9.17) is 21.1 Å². The molecule has 0 aliphatic carbocycles. The molecular formula is C13H16ClNO2. The zero-order valence-electron chi connectivity index (χ0n) is 9.67. The predicted molar refractivity (Wildman–Crippen MR) is 67.0 cm³/mol. The van der Waals surface area contributed by atoms with E-state index in [2.05, 4.69) is 5.32 Å². The molecule has 17 heavy (non-hydrogen) atoms. The van der Waals surface area contributed by atoms with Crippen molar-refractivity contribution in [3.8, 4) is 11.5 Å². The van der Waals surface area contributed by atoms with Crippen LogP contribution in [0.4, 0.5) is 0 Å². The summed E-state index contributed by atoms with van der Waals surface area (Å²) in [6.07, 6.45) is 3.64. The van der Waals surface area contributed by atoms with Crippen LogP contribution in [0, 0.1) is 0 Å². The lowest BCUT2D eigenvalue weighted by atomic mass is 9.97. The predicted octanol–water partition coefficient (Wildman–Crippen LogP) is 2.93. The molecule has 0 spiro atoms. The Morgan fingerprint density at radius 2 is 1.88 bits per heavy atom. The number of fused-ring (bicyclic) bond motifs is 1. The van der Waals surface area contributed by atoms with Gasteiger partial charge in [-0.15, -0.1) is 0 Å². The minimum Gasteiger partial charge on any atom is -0.486 e. The molecule has 0 amide bonds. The first-order valence-corrected chi connectivity index (χ1v) is 6.55. The second-order valence-electron chi connectivity index (χ2n) is 4.52. The fourth-order valence-corrected chi connectivity index (χ4v) is 2.75. The molecular weight excluding hydrogens is 238 g/mol. The summed E-state index contributed by atoms with van der Waals surface area (Å²) in [6, 6.07) is 4.26. The number of hydrogen-bond acceptors (Lipinski definition) is 3. The topological polar surface area (TPSA) is 30.5 Å². The van der Waals surface area contributed by atoms with Gasteiger partial charge in [0.15, 0.2) is 11.5 Å². The molecule has 4 heteroatoms. The Kier molecular flexibility index (Phi) is 3.12.